The van der Waals surface area contributed by atoms with Crippen molar-refractivity contribution in [2.75, 3.05) is 11.1 Å². The van der Waals surface area contributed by atoms with Gasteiger partial charge < -0.3 is 11.1 Å². The van der Waals surface area contributed by atoms with Crippen LogP contribution in [0.5, 0.6) is 0 Å². The first-order chi connectivity index (χ1) is 11.0. The number of hydrogen-bond acceptors (Lipinski definition) is 6. The van der Waals surface area contributed by atoms with E-state index < -0.39 is 17.5 Å². The molecule has 0 spiro atoms. The Morgan fingerprint density at radius 3 is 2.39 bits per heavy atom. The van der Waals surface area contributed by atoms with Crippen LogP contribution in [-0.4, -0.2) is 19.9 Å². The van der Waals surface area contributed by atoms with Gasteiger partial charge >= 0.3 is 0 Å². The van der Waals surface area contributed by atoms with E-state index >= 15 is 0 Å². The molecule has 1 aromatic carbocycles. The number of benzene rings is 1. The van der Waals surface area contributed by atoms with Crippen LogP contribution in [0.3, 0.4) is 0 Å². The van der Waals surface area contributed by atoms with Gasteiger partial charge in [0.1, 0.15) is 17.3 Å². The van der Waals surface area contributed by atoms with E-state index in [2.05, 4.69) is 25.3 Å². The minimum Gasteiger partial charge on any atom is -0.368 e. The minimum atomic E-state index is -0.773. The fraction of sp³-hybridized carbons (Fsp3) is 0. The maximum atomic E-state index is 13.7. The lowest BCUT2D eigenvalue weighted by Gasteiger charge is -2.07. The molecule has 0 bridgehead atoms. The van der Waals surface area contributed by atoms with Gasteiger partial charge in [-0.3, -0.25) is 0 Å². The van der Waals surface area contributed by atoms with Crippen molar-refractivity contribution in [1.29, 1.82) is 0 Å². The summed E-state index contributed by atoms with van der Waals surface area (Å²) >= 11 is 0. The highest BCUT2D eigenvalue weighted by Gasteiger charge is 2.13. The predicted molar refractivity (Wildman–Crippen MR) is 77.1 cm³/mol. The van der Waals surface area contributed by atoms with E-state index in [0.717, 1.165) is 18.2 Å². The van der Waals surface area contributed by atoms with Crippen LogP contribution in [-0.2, 0) is 0 Å². The lowest BCUT2D eigenvalue weighted by Crippen LogP contribution is -2.06. The number of pyridine rings is 1. The minimum absolute atomic E-state index is 0.0699. The van der Waals surface area contributed by atoms with E-state index in [0.29, 0.717) is 0 Å². The molecule has 0 saturated carbocycles. The quantitative estimate of drug-likeness (QED) is 0.772. The second-order valence-electron chi connectivity index (χ2n) is 4.46. The average molecular weight is 318 g/mol. The van der Waals surface area contributed by atoms with Crippen LogP contribution in [0.25, 0.3) is 11.5 Å². The third-order valence-electron chi connectivity index (χ3n) is 2.74. The van der Waals surface area contributed by atoms with Crippen LogP contribution in [0.2, 0.25) is 0 Å². The number of nitrogens with zero attached hydrogens (tertiary/aromatic N) is 4. The Morgan fingerprint density at radius 1 is 0.957 bits per heavy atom. The number of nitrogens with two attached hydrogens (primary N) is 1. The van der Waals surface area contributed by atoms with Crippen molar-refractivity contribution in [3.05, 3.63) is 54.0 Å². The zero-order valence-electron chi connectivity index (χ0n) is 11.5. The van der Waals surface area contributed by atoms with E-state index in [4.69, 9.17) is 5.73 Å². The molecule has 6 nitrogen and oxygen atoms in total. The Labute approximate surface area is 128 Å². The van der Waals surface area contributed by atoms with Crippen LogP contribution in [0.4, 0.5) is 30.8 Å². The summed E-state index contributed by atoms with van der Waals surface area (Å²) in [6, 6.07) is 5.42. The van der Waals surface area contributed by atoms with Gasteiger partial charge in [-0.15, -0.1) is 0 Å². The smallest absolute Gasteiger partial charge is 0.232 e. The summed E-state index contributed by atoms with van der Waals surface area (Å²) in [6.45, 7) is 0. The summed E-state index contributed by atoms with van der Waals surface area (Å²) in [5.41, 5.74) is 5.51. The lowest BCUT2D eigenvalue weighted by molar-refractivity contribution is 0.584. The molecule has 9 heteroatoms. The molecule has 0 radical (unpaired) electrons. The van der Waals surface area contributed by atoms with Gasteiger partial charge in [-0.05, 0) is 24.3 Å². The van der Waals surface area contributed by atoms with Crippen LogP contribution in [0, 0.1) is 17.5 Å². The highest BCUT2D eigenvalue weighted by Crippen LogP contribution is 2.21. The number of aromatic nitrogens is 4. The number of nitrogens with one attached hydrogen (secondary N) is 1. The second-order valence-corrected chi connectivity index (χ2v) is 4.46. The average Bonchev–Trinajstić information content (AvgIpc) is 2.45. The first-order valence-electron chi connectivity index (χ1n) is 6.37. The highest BCUT2D eigenvalue weighted by molar-refractivity contribution is 5.58. The monoisotopic (exact) mass is 318 g/mol. The summed E-state index contributed by atoms with van der Waals surface area (Å²) in [7, 11) is 0. The Bertz CT molecular complexity index is 851. The van der Waals surface area contributed by atoms with E-state index in [1.807, 2.05) is 0 Å². The molecule has 0 saturated heterocycles. The topological polar surface area (TPSA) is 89.6 Å². The first-order valence-corrected chi connectivity index (χ1v) is 6.37. The van der Waals surface area contributed by atoms with E-state index in [1.165, 1.54) is 18.3 Å². The van der Waals surface area contributed by atoms with Gasteiger partial charge in [0, 0.05) is 18.0 Å². The van der Waals surface area contributed by atoms with Crippen LogP contribution in [0.15, 0.2) is 36.5 Å². The zero-order chi connectivity index (χ0) is 16.4. The molecule has 3 N–H and O–H groups in total. The highest BCUT2D eigenvalue weighted by atomic mass is 19.1. The van der Waals surface area contributed by atoms with Gasteiger partial charge in [0.2, 0.25) is 11.9 Å². The maximum absolute atomic E-state index is 13.7. The van der Waals surface area contributed by atoms with Gasteiger partial charge in [-0.2, -0.15) is 15.0 Å². The van der Waals surface area contributed by atoms with Crippen molar-refractivity contribution in [2.45, 2.75) is 0 Å². The molecular weight excluding hydrogens is 309 g/mol. The van der Waals surface area contributed by atoms with Crippen molar-refractivity contribution < 1.29 is 13.2 Å². The number of rotatable bonds is 3. The fourth-order valence-electron chi connectivity index (χ4n) is 1.86. The molecule has 2 heterocycles. The summed E-state index contributed by atoms with van der Waals surface area (Å²) < 4.78 is 40.1. The molecule has 0 atom stereocenters. The summed E-state index contributed by atoms with van der Waals surface area (Å²) in [5, 5.41) is 2.58. The fourth-order valence-corrected chi connectivity index (χ4v) is 1.86. The summed E-state index contributed by atoms with van der Waals surface area (Å²) in [5.74, 6) is -2.58. The molecule has 23 heavy (non-hydrogen) atoms. The van der Waals surface area contributed by atoms with Crippen LogP contribution < -0.4 is 11.1 Å². The number of halogens is 3. The molecule has 2 aromatic heterocycles. The van der Waals surface area contributed by atoms with Crippen LogP contribution >= 0.6 is 0 Å². The Kier molecular flexibility index (Phi) is 3.75. The normalized spacial score (nSPS) is 10.6. The van der Waals surface area contributed by atoms with Gasteiger partial charge in [-0.25, -0.2) is 18.2 Å². The molecule has 3 aromatic rings. The largest absolute Gasteiger partial charge is 0.368 e. The third kappa shape index (κ3) is 3.34. The molecule has 0 aliphatic rings. The van der Waals surface area contributed by atoms with Gasteiger partial charge in [0.05, 0.1) is 0 Å². The molecule has 3 rings (SSSR count). The SMILES string of the molecule is Nc1nc(Nc2cc(F)cc(F)c2)nc(-c2ncccc2F)n1. The maximum Gasteiger partial charge on any atom is 0.232 e. The lowest BCUT2D eigenvalue weighted by atomic mass is 10.3. The number of hydrogen-bond donors (Lipinski definition) is 2. The van der Waals surface area contributed by atoms with Crippen molar-refractivity contribution in [3.63, 3.8) is 0 Å². The van der Waals surface area contributed by atoms with Crippen molar-refractivity contribution >= 4 is 17.6 Å². The molecule has 0 aliphatic heterocycles. The van der Waals surface area contributed by atoms with Crippen molar-refractivity contribution in [2.24, 2.45) is 0 Å². The Hall–Kier alpha value is -3.23. The van der Waals surface area contributed by atoms with Gasteiger partial charge in [-0.1, -0.05) is 0 Å². The Balaban J connectivity index is 1.99. The molecule has 0 amide bonds. The predicted octanol–water partition coefficient (Wildman–Crippen LogP) is 2.68. The molecule has 116 valence electrons. The first kappa shape index (κ1) is 14.7. The molecule has 0 unspecified atom stereocenters. The molecule has 0 aliphatic carbocycles. The van der Waals surface area contributed by atoms with Gasteiger partial charge in [0.15, 0.2) is 11.6 Å². The summed E-state index contributed by atoms with van der Waals surface area (Å²) in [4.78, 5) is 15.4. The van der Waals surface area contributed by atoms with Crippen molar-refractivity contribution in [1.82, 2.24) is 19.9 Å². The number of nitrogen functional groups attached to an aromatic ring is 1. The van der Waals surface area contributed by atoms with Gasteiger partial charge in [0.25, 0.3) is 0 Å². The standard InChI is InChI=1S/C14H9F3N6/c15-7-4-8(16)6-9(5-7)20-14-22-12(21-13(18)23-14)11-10(17)2-1-3-19-11/h1-6H,(H3,18,20,21,22,23). The molecular formula is C14H9F3N6. The van der Waals surface area contributed by atoms with E-state index in [-0.39, 0.29) is 29.1 Å². The van der Waals surface area contributed by atoms with E-state index in [1.54, 1.807) is 0 Å². The van der Waals surface area contributed by atoms with E-state index in [9.17, 15) is 13.2 Å². The third-order valence-corrected chi connectivity index (χ3v) is 2.74. The molecule has 0 fully saturated rings. The zero-order valence-corrected chi connectivity index (χ0v) is 11.5. The Morgan fingerprint density at radius 2 is 1.70 bits per heavy atom. The van der Waals surface area contributed by atoms with Crippen molar-refractivity contribution in [3.8, 4) is 11.5 Å². The van der Waals surface area contributed by atoms with Crippen LogP contribution in [0.1, 0.15) is 0 Å². The number of anilines is 3. The summed E-state index contributed by atoms with van der Waals surface area (Å²) in [6.07, 6.45) is 1.37. The second kappa shape index (κ2) is 5.87.